The quantitative estimate of drug-likeness (QED) is 0.902. The molecule has 6 heteroatoms. The molecule has 3 amide bonds. The molecule has 0 fully saturated rings. The van der Waals surface area contributed by atoms with Crippen LogP contribution in [-0.2, 0) is 11.3 Å². The average molecular weight is 325 g/mol. The molecule has 3 rings (SSSR count). The summed E-state index contributed by atoms with van der Waals surface area (Å²) in [6.07, 6.45) is 0. The van der Waals surface area contributed by atoms with Crippen molar-refractivity contribution in [1.29, 1.82) is 0 Å². The number of amides is 3. The van der Waals surface area contributed by atoms with Gasteiger partial charge in [0.2, 0.25) is 5.91 Å². The third-order valence-electron chi connectivity index (χ3n) is 3.73. The number of anilines is 1. The minimum atomic E-state index is -0.367. The van der Waals surface area contributed by atoms with E-state index in [1.165, 1.54) is 0 Å². The van der Waals surface area contributed by atoms with Crippen molar-refractivity contribution in [3.63, 3.8) is 0 Å². The summed E-state index contributed by atoms with van der Waals surface area (Å²) < 4.78 is 5.52. The summed E-state index contributed by atoms with van der Waals surface area (Å²) in [5.74, 6) is 0.520. The summed E-state index contributed by atoms with van der Waals surface area (Å²) in [4.78, 5) is 25.8. The number of nitrogens with one attached hydrogen (secondary N) is 2. The van der Waals surface area contributed by atoms with Crippen molar-refractivity contribution in [1.82, 2.24) is 10.6 Å². The largest absolute Gasteiger partial charge is 0.490 e. The molecule has 124 valence electrons. The second-order valence-electron chi connectivity index (χ2n) is 5.38. The highest BCUT2D eigenvalue weighted by atomic mass is 16.5. The van der Waals surface area contributed by atoms with Crippen molar-refractivity contribution in [3.05, 3.63) is 60.2 Å². The SMILES string of the molecule is O=C(NCC(=O)N1CCOc2ccccc21)NCc1ccccc1. The molecule has 1 aliphatic rings. The van der Waals surface area contributed by atoms with Gasteiger partial charge in [-0.3, -0.25) is 4.79 Å². The molecule has 0 aliphatic carbocycles. The summed E-state index contributed by atoms with van der Waals surface area (Å²) in [6.45, 7) is 1.28. The highest BCUT2D eigenvalue weighted by molar-refractivity contribution is 5.98. The molecule has 0 saturated heterocycles. The minimum absolute atomic E-state index is 0.0606. The van der Waals surface area contributed by atoms with E-state index in [0.29, 0.717) is 25.4 Å². The van der Waals surface area contributed by atoms with Crippen LogP contribution in [0.1, 0.15) is 5.56 Å². The van der Waals surface area contributed by atoms with Crippen LogP contribution in [0.25, 0.3) is 0 Å². The van der Waals surface area contributed by atoms with E-state index in [9.17, 15) is 9.59 Å². The summed E-state index contributed by atoms with van der Waals surface area (Å²) in [5, 5.41) is 5.33. The molecule has 24 heavy (non-hydrogen) atoms. The van der Waals surface area contributed by atoms with Gasteiger partial charge in [-0.2, -0.15) is 0 Å². The molecule has 0 radical (unpaired) electrons. The normalized spacial score (nSPS) is 12.8. The molecule has 0 saturated carbocycles. The van der Waals surface area contributed by atoms with Gasteiger partial charge in [0.05, 0.1) is 18.8 Å². The maximum absolute atomic E-state index is 12.4. The van der Waals surface area contributed by atoms with E-state index >= 15 is 0 Å². The lowest BCUT2D eigenvalue weighted by Gasteiger charge is -2.29. The standard InChI is InChI=1S/C18H19N3O3/c22-17(21-10-11-24-16-9-5-4-8-15(16)21)13-20-18(23)19-12-14-6-2-1-3-7-14/h1-9H,10-13H2,(H2,19,20,23). The molecule has 6 nitrogen and oxygen atoms in total. The fraction of sp³-hybridized carbons (Fsp3) is 0.222. The number of ether oxygens (including phenoxy) is 1. The number of para-hydroxylation sites is 2. The van der Waals surface area contributed by atoms with Gasteiger partial charge in [-0.05, 0) is 17.7 Å². The van der Waals surface area contributed by atoms with Gasteiger partial charge >= 0.3 is 6.03 Å². The number of carbonyl (C=O) groups excluding carboxylic acids is 2. The fourth-order valence-electron chi connectivity index (χ4n) is 2.52. The lowest BCUT2D eigenvalue weighted by molar-refractivity contribution is -0.117. The second kappa shape index (κ2) is 7.50. The Labute approximate surface area is 140 Å². The topological polar surface area (TPSA) is 70.7 Å². The lowest BCUT2D eigenvalue weighted by Crippen LogP contribution is -2.46. The third kappa shape index (κ3) is 3.84. The molecule has 0 bridgehead atoms. The van der Waals surface area contributed by atoms with E-state index in [-0.39, 0.29) is 18.5 Å². The molecule has 2 N–H and O–H groups in total. The maximum Gasteiger partial charge on any atom is 0.315 e. The van der Waals surface area contributed by atoms with Crippen LogP contribution in [-0.4, -0.2) is 31.6 Å². The van der Waals surface area contributed by atoms with Gasteiger partial charge < -0.3 is 20.3 Å². The second-order valence-corrected chi connectivity index (χ2v) is 5.38. The first-order valence-corrected chi connectivity index (χ1v) is 7.82. The highest BCUT2D eigenvalue weighted by Crippen LogP contribution is 2.30. The molecule has 1 aliphatic heterocycles. The summed E-state index contributed by atoms with van der Waals surface area (Å²) >= 11 is 0. The molecule has 2 aromatic carbocycles. The number of hydrogen-bond donors (Lipinski definition) is 2. The van der Waals surface area contributed by atoms with Crippen LogP contribution in [0.2, 0.25) is 0 Å². The Morgan fingerprint density at radius 1 is 1.00 bits per heavy atom. The third-order valence-corrected chi connectivity index (χ3v) is 3.73. The zero-order valence-electron chi connectivity index (χ0n) is 13.2. The number of hydrogen-bond acceptors (Lipinski definition) is 3. The predicted molar refractivity (Wildman–Crippen MR) is 91.0 cm³/mol. The summed E-state index contributed by atoms with van der Waals surface area (Å²) in [5.41, 5.74) is 1.74. The van der Waals surface area contributed by atoms with E-state index < -0.39 is 0 Å². The summed E-state index contributed by atoms with van der Waals surface area (Å²) in [6, 6.07) is 16.6. The molecular weight excluding hydrogens is 306 g/mol. The summed E-state index contributed by atoms with van der Waals surface area (Å²) in [7, 11) is 0. The molecule has 2 aromatic rings. The van der Waals surface area contributed by atoms with Crippen molar-refractivity contribution < 1.29 is 14.3 Å². The van der Waals surface area contributed by atoms with Gasteiger partial charge in [-0.15, -0.1) is 0 Å². The van der Waals surface area contributed by atoms with E-state index in [4.69, 9.17) is 4.74 Å². The minimum Gasteiger partial charge on any atom is -0.490 e. The van der Waals surface area contributed by atoms with Crippen molar-refractivity contribution >= 4 is 17.6 Å². The highest BCUT2D eigenvalue weighted by Gasteiger charge is 2.23. The van der Waals surface area contributed by atoms with Crippen LogP contribution >= 0.6 is 0 Å². The predicted octanol–water partition coefficient (Wildman–Crippen LogP) is 1.91. The van der Waals surface area contributed by atoms with E-state index in [0.717, 1.165) is 11.3 Å². The van der Waals surface area contributed by atoms with Gasteiger partial charge in [-0.1, -0.05) is 42.5 Å². The number of nitrogens with zero attached hydrogens (tertiary/aromatic N) is 1. The van der Waals surface area contributed by atoms with Crippen LogP contribution in [0.15, 0.2) is 54.6 Å². The number of rotatable bonds is 4. The van der Waals surface area contributed by atoms with Crippen molar-refractivity contribution in [2.75, 3.05) is 24.6 Å². The molecule has 1 heterocycles. The van der Waals surface area contributed by atoms with Gasteiger partial charge in [0.25, 0.3) is 0 Å². The number of urea groups is 1. The van der Waals surface area contributed by atoms with Gasteiger partial charge in [0.1, 0.15) is 12.4 Å². The van der Waals surface area contributed by atoms with Crippen LogP contribution in [0.3, 0.4) is 0 Å². The number of benzene rings is 2. The van der Waals surface area contributed by atoms with Gasteiger partial charge in [-0.25, -0.2) is 4.79 Å². The first-order chi connectivity index (χ1) is 11.7. The zero-order valence-corrected chi connectivity index (χ0v) is 13.2. The molecular formula is C18H19N3O3. The van der Waals surface area contributed by atoms with Crippen LogP contribution in [0.4, 0.5) is 10.5 Å². The van der Waals surface area contributed by atoms with Crippen LogP contribution in [0, 0.1) is 0 Å². The molecule has 0 atom stereocenters. The Kier molecular flexibility index (Phi) is 4.96. The van der Waals surface area contributed by atoms with Gasteiger partial charge in [0, 0.05) is 6.54 Å². The Morgan fingerprint density at radius 3 is 2.58 bits per heavy atom. The van der Waals surface area contributed by atoms with Crippen LogP contribution in [0.5, 0.6) is 5.75 Å². The molecule has 0 unspecified atom stereocenters. The average Bonchev–Trinajstić information content (AvgIpc) is 2.64. The monoisotopic (exact) mass is 325 g/mol. The fourth-order valence-corrected chi connectivity index (χ4v) is 2.52. The van der Waals surface area contributed by atoms with Gasteiger partial charge in [0.15, 0.2) is 0 Å². The first kappa shape index (κ1) is 15.9. The van der Waals surface area contributed by atoms with Crippen molar-refractivity contribution in [3.8, 4) is 5.75 Å². The molecule has 0 aromatic heterocycles. The Hall–Kier alpha value is -3.02. The Bertz CT molecular complexity index is 718. The number of carbonyl (C=O) groups is 2. The van der Waals surface area contributed by atoms with Crippen LogP contribution < -0.4 is 20.3 Å². The lowest BCUT2D eigenvalue weighted by atomic mass is 10.2. The van der Waals surface area contributed by atoms with E-state index in [1.54, 1.807) is 4.90 Å². The van der Waals surface area contributed by atoms with Crippen molar-refractivity contribution in [2.24, 2.45) is 0 Å². The smallest absolute Gasteiger partial charge is 0.315 e. The zero-order chi connectivity index (χ0) is 16.8. The number of fused-ring (bicyclic) bond motifs is 1. The molecule has 0 spiro atoms. The van der Waals surface area contributed by atoms with E-state index in [1.807, 2.05) is 54.6 Å². The first-order valence-electron chi connectivity index (χ1n) is 7.82. The maximum atomic E-state index is 12.4. The Morgan fingerprint density at radius 2 is 1.75 bits per heavy atom. The van der Waals surface area contributed by atoms with Crippen molar-refractivity contribution in [2.45, 2.75) is 6.54 Å². The Balaban J connectivity index is 1.50. The van der Waals surface area contributed by atoms with E-state index in [2.05, 4.69) is 10.6 Å².